The van der Waals surface area contributed by atoms with E-state index in [4.69, 9.17) is 0 Å². The molecule has 0 spiro atoms. The molecule has 3 aliphatic heterocycles. The minimum atomic E-state index is 0.517. The maximum Gasteiger partial charge on any atom is -0.00132 e. The van der Waals surface area contributed by atoms with Gasteiger partial charge in [0.15, 0.2) is 0 Å². The number of rotatable bonds is 0. The summed E-state index contributed by atoms with van der Waals surface area (Å²) in [6.45, 7) is 11.4. The minimum Gasteiger partial charge on any atom is -0.303 e. The van der Waals surface area contributed by atoms with Crippen LogP contribution in [0.5, 0.6) is 0 Å². The molecule has 13 heavy (non-hydrogen) atoms. The van der Waals surface area contributed by atoms with Crippen LogP contribution < -0.4 is 0 Å². The van der Waals surface area contributed by atoms with Gasteiger partial charge in [0.05, 0.1) is 0 Å². The van der Waals surface area contributed by atoms with Crippen LogP contribution in [0.25, 0.3) is 0 Å². The van der Waals surface area contributed by atoms with Gasteiger partial charge in [-0.15, -0.1) is 0 Å². The quantitative estimate of drug-likeness (QED) is 0.555. The summed E-state index contributed by atoms with van der Waals surface area (Å²) in [6.07, 6.45) is 5.78. The van der Waals surface area contributed by atoms with Crippen molar-refractivity contribution in [2.24, 2.45) is 10.8 Å². The minimum absolute atomic E-state index is 0.517. The van der Waals surface area contributed by atoms with Gasteiger partial charge in [0.1, 0.15) is 0 Å². The lowest BCUT2D eigenvalue weighted by Crippen LogP contribution is -2.43. The summed E-state index contributed by atoms with van der Waals surface area (Å²) in [5.41, 5.74) is 1.18. The summed E-state index contributed by atoms with van der Waals surface area (Å²) in [7, 11) is 0. The lowest BCUT2D eigenvalue weighted by atomic mass is 9.60. The predicted molar refractivity (Wildman–Crippen MR) is 56.8 cm³/mol. The molecule has 1 nitrogen and oxygen atoms in total. The van der Waals surface area contributed by atoms with Crippen LogP contribution in [0.2, 0.25) is 0 Å². The van der Waals surface area contributed by atoms with E-state index in [1.165, 1.54) is 45.3 Å². The Bertz CT molecular complexity index is 176. The first kappa shape index (κ1) is 9.51. The molecule has 0 radical (unpaired) electrons. The van der Waals surface area contributed by atoms with E-state index < -0.39 is 0 Å². The molecule has 3 aliphatic rings. The second kappa shape index (κ2) is 2.98. The molecule has 0 aromatic carbocycles. The standard InChI is InChI=1S/C12H23N/c1-11(2,3)12-5-4-8-13(9-6-12)10-7-12/h4-10H2,1-3H3. The predicted octanol–water partition coefficient (Wildman–Crippen LogP) is 2.91. The fourth-order valence-corrected chi connectivity index (χ4v) is 3.22. The Kier molecular flexibility index (Phi) is 2.18. The molecule has 3 rings (SSSR count). The molecule has 0 aromatic rings. The van der Waals surface area contributed by atoms with Crippen molar-refractivity contribution in [1.29, 1.82) is 0 Å². The Balaban J connectivity index is 2.21. The van der Waals surface area contributed by atoms with Crippen molar-refractivity contribution in [2.75, 3.05) is 19.6 Å². The molecule has 1 heteroatoms. The van der Waals surface area contributed by atoms with E-state index >= 15 is 0 Å². The Morgan fingerprint density at radius 1 is 0.923 bits per heavy atom. The molecule has 0 aromatic heterocycles. The number of hydrogen-bond donors (Lipinski definition) is 0. The maximum atomic E-state index is 2.65. The molecular weight excluding hydrogens is 158 g/mol. The van der Waals surface area contributed by atoms with Gasteiger partial charge in [-0.2, -0.15) is 0 Å². The topological polar surface area (TPSA) is 3.24 Å². The lowest BCUT2D eigenvalue weighted by Gasteiger charge is -2.47. The Hall–Kier alpha value is -0.0400. The zero-order valence-electron chi connectivity index (χ0n) is 9.40. The highest BCUT2D eigenvalue weighted by molar-refractivity contribution is 4.96. The third-order valence-corrected chi connectivity index (χ3v) is 4.53. The summed E-state index contributed by atoms with van der Waals surface area (Å²) in [5.74, 6) is 0. The number of fused-ring (bicyclic) bond motifs is 4. The first-order valence-corrected chi connectivity index (χ1v) is 5.76. The molecule has 76 valence electrons. The van der Waals surface area contributed by atoms with Crippen molar-refractivity contribution in [3.05, 3.63) is 0 Å². The van der Waals surface area contributed by atoms with E-state index in [-0.39, 0.29) is 0 Å². The molecular formula is C12H23N. The van der Waals surface area contributed by atoms with E-state index in [2.05, 4.69) is 25.7 Å². The molecule has 0 N–H and O–H groups in total. The summed E-state index contributed by atoms with van der Waals surface area (Å²) < 4.78 is 0. The van der Waals surface area contributed by atoms with Gasteiger partial charge < -0.3 is 4.90 Å². The molecule has 0 saturated carbocycles. The van der Waals surface area contributed by atoms with Crippen molar-refractivity contribution in [1.82, 2.24) is 4.90 Å². The van der Waals surface area contributed by atoms with E-state index in [9.17, 15) is 0 Å². The van der Waals surface area contributed by atoms with Crippen molar-refractivity contribution in [3.8, 4) is 0 Å². The van der Waals surface area contributed by atoms with E-state index in [1.807, 2.05) is 0 Å². The molecule has 3 saturated heterocycles. The monoisotopic (exact) mass is 181 g/mol. The van der Waals surface area contributed by atoms with Crippen LogP contribution in [0.1, 0.15) is 46.5 Å². The highest BCUT2D eigenvalue weighted by Crippen LogP contribution is 2.51. The van der Waals surface area contributed by atoms with Crippen LogP contribution >= 0.6 is 0 Å². The second-order valence-corrected chi connectivity index (χ2v) is 5.98. The van der Waals surface area contributed by atoms with Crippen LogP contribution in [0, 0.1) is 10.8 Å². The second-order valence-electron chi connectivity index (χ2n) is 5.98. The Labute approximate surface area is 82.5 Å². The maximum absolute atomic E-state index is 2.65. The summed E-state index contributed by atoms with van der Waals surface area (Å²) in [5, 5.41) is 0. The van der Waals surface area contributed by atoms with Gasteiger partial charge >= 0.3 is 0 Å². The van der Waals surface area contributed by atoms with Gasteiger partial charge in [0, 0.05) is 0 Å². The summed E-state index contributed by atoms with van der Waals surface area (Å²) in [4.78, 5) is 2.65. The largest absolute Gasteiger partial charge is 0.303 e. The smallest absolute Gasteiger partial charge is 0.00132 e. The zero-order chi connectivity index (χ0) is 9.53. The van der Waals surface area contributed by atoms with Crippen molar-refractivity contribution >= 4 is 0 Å². The fraction of sp³-hybridized carbons (Fsp3) is 1.00. The third kappa shape index (κ3) is 1.52. The Morgan fingerprint density at radius 3 is 2.08 bits per heavy atom. The van der Waals surface area contributed by atoms with Crippen molar-refractivity contribution in [3.63, 3.8) is 0 Å². The molecule has 0 aliphatic carbocycles. The normalized spacial score (nSPS) is 40.4. The first-order valence-electron chi connectivity index (χ1n) is 5.76. The van der Waals surface area contributed by atoms with Crippen LogP contribution in [0.15, 0.2) is 0 Å². The number of nitrogens with zero attached hydrogens (tertiary/aromatic N) is 1. The van der Waals surface area contributed by atoms with E-state index in [1.54, 1.807) is 0 Å². The van der Waals surface area contributed by atoms with Crippen LogP contribution in [-0.2, 0) is 0 Å². The van der Waals surface area contributed by atoms with E-state index in [0.717, 1.165) is 0 Å². The molecule has 0 unspecified atom stereocenters. The molecule has 0 atom stereocenters. The molecule has 3 fully saturated rings. The molecule has 2 bridgehead atoms. The Morgan fingerprint density at radius 2 is 1.54 bits per heavy atom. The zero-order valence-corrected chi connectivity index (χ0v) is 9.40. The summed E-state index contributed by atoms with van der Waals surface area (Å²) in [6, 6.07) is 0. The van der Waals surface area contributed by atoms with Gasteiger partial charge in [-0.25, -0.2) is 0 Å². The van der Waals surface area contributed by atoms with Gasteiger partial charge in [0.2, 0.25) is 0 Å². The SMILES string of the molecule is CC(C)(C)C12CCCN(CC1)CC2. The highest BCUT2D eigenvalue weighted by atomic mass is 15.1. The lowest BCUT2D eigenvalue weighted by molar-refractivity contribution is 0.0244. The van der Waals surface area contributed by atoms with E-state index in [0.29, 0.717) is 10.8 Å². The van der Waals surface area contributed by atoms with Gasteiger partial charge in [-0.05, 0) is 56.1 Å². The number of piperidine rings is 1. The average Bonchev–Trinajstić information content (AvgIpc) is 2.35. The van der Waals surface area contributed by atoms with Gasteiger partial charge in [-0.1, -0.05) is 20.8 Å². The van der Waals surface area contributed by atoms with Crippen LogP contribution in [0.3, 0.4) is 0 Å². The van der Waals surface area contributed by atoms with Crippen LogP contribution in [-0.4, -0.2) is 24.5 Å². The number of hydrogen-bond acceptors (Lipinski definition) is 1. The van der Waals surface area contributed by atoms with Crippen molar-refractivity contribution < 1.29 is 0 Å². The fourth-order valence-electron chi connectivity index (χ4n) is 3.22. The first-order chi connectivity index (χ1) is 6.04. The molecule has 0 amide bonds. The average molecular weight is 181 g/mol. The van der Waals surface area contributed by atoms with Crippen LogP contribution in [0.4, 0.5) is 0 Å². The van der Waals surface area contributed by atoms with Gasteiger partial charge in [0.25, 0.3) is 0 Å². The molecule has 3 heterocycles. The third-order valence-electron chi connectivity index (χ3n) is 4.53. The highest BCUT2D eigenvalue weighted by Gasteiger charge is 2.44. The summed E-state index contributed by atoms with van der Waals surface area (Å²) >= 11 is 0. The van der Waals surface area contributed by atoms with Gasteiger partial charge in [-0.3, -0.25) is 0 Å². The van der Waals surface area contributed by atoms with Crippen molar-refractivity contribution in [2.45, 2.75) is 46.5 Å².